The molecule has 2 N–H and O–H groups in total. The van der Waals surface area contributed by atoms with Crippen LogP contribution in [0.1, 0.15) is 128 Å². The Balaban J connectivity index is 1.85. The molecule has 4 aliphatic carbocycles. The maximum Gasteiger partial charge on any atom is 0.340 e. The molecule has 0 aromatic heterocycles. The van der Waals surface area contributed by atoms with Crippen LogP contribution in [0.25, 0.3) is 0 Å². The molecule has 2 unspecified atom stereocenters. The first-order valence-corrected chi connectivity index (χ1v) is 14.3. The van der Waals surface area contributed by atoms with Crippen LogP contribution in [0.2, 0.25) is 0 Å². The van der Waals surface area contributed by atoms with Crippen molar-refractivity contribution in [1.29, 1.82) is 0 Å². The van der Waals surface area contributed by atoms with E-state index in [4.69, 9.17) is 9.47 Å². The number of carboxylic acids is 2. The number of aliphatic carboxylic acids is 2. The van der Waals surface area contributed by atoms with Gasteiger partial charge in [-0.15, -0.1) is 0 Å². The summed E-state index contributed by atoms with van der Waals surface area (Å²) in [5, 5.41) is 22.2. The monoisotopic (exact) mass is 478 g/mol. The molecular weight excluding hydrogens is 432 g/mol. The summed E-state index contributed by atoms with van der Waals surface area (Å²) in [6.07, 6.45) is 17.8. The molecule has 0 saturated heterocycles. The maximum absolute atomic E-state index is 13.6. The van der Waals surface area contributed by atoms with Gasteiger partial charge in [-0.3, -0.25) is 0 Å². The molecule has 4 fully saturated rings. The van der Waals surface area contributed by atoms with E-state index in [1.807, 2.05) is 0 Å². The van der Waals surface area contributed by atoms with E-state index in [-0.39, 0.29) is 24.0 Å². The maximum atomic E-state index is 13.6. The van der Waals surface area contributed by atoms with Gasteiger partial charge in [-0.1, -0.05) is 77.0 Å². The fourth-order valence-electron chi connectivity index (χ4n) is 7.65. The Morgan fingerprint density at radius 1 is 0.471 bits per heavy atom. The summed E-state index contributed by atoms with van der Waals surface area (Å²) in [5.74, 6) is -2.87. The van der Waals surface area contributed by atoms with Crippen LogP contribution in [0, 0.1) is 11.8 Å². The molecule has 6 heteroatoms. The highest BCUT2D eigenvalue weighted by Crippen LogP contribution is 2.53. The molecule has 0 aliphatic heterocycles. The van der Waals surface area contributed by atoms with E-state index < -0.39 is 23.1 Å². The van der Waals surface area contributed by atoms with E-state index >= 15 is 0 Å². The molecule has 0 spiro atoms. The number of rotatable bonds is 9. The zero-order valence-corrected chi connectivity index (χ0v) is 21.0. The molecule has 0 aromatic carbocycles. The fraction of sp³-hybridized carbons (Fsp3) is 0.929. The topological polar surface area (TPSA) is 93.1 Å². The Hall–Kier alpha value is -1.14. The summed E-state index contributed by atoms with van der Waals surface area (Å²) in [7, 11) is 0. The number of hydrogen-bond acceptors (Lipinski definition) is 4. The molecule has 0 amide bonds. The van der Waals surface area contributed by atoms with Crippen molar-refractivity contribution in [1.82, 2.24) is 0 Å². The third kappa shape index (κ3) is 5.04. The molecule has 2 atom stereocenters. The van der Waals surface area contributed by atoms with Crippen molar-refractivity contribution in [2.45, 2.75) is 152 Å². The zero-order valence-electron chi connectivity index (χ0n) is 21.0. The summed E-state index contributed by atoms with van der Waals surface area (Å²) in [4.78, 5) is 27.1. The molecule has 0 heterocycles. The van der Waals surface area contributed by atoms with Crippen LogP contribution < -0.4 is 0 Å². The Morgan fingerprint density at radius 2 is 0.735 bits per heavy atom. The normalized spacial score (nSPS) is 28.1. The van der Waals surface area contributed by atoms with Crippen molar-refractivity contribution in [3.8, 4) is 0 Å². The lowest BCUT2D eigenvalue weighted by atomic mass is 9.60. The highest BCUT2D eigenvalue weighted by atomic mass is 16.6. The van der Waals surface area contributed by atoms with E-state index in [1.165, 1.54) is 0 Å². The minimum absolute atomic E-state index is 0.205. The van der Waals surface area contributed by atoms with Crippen molar-refractivity contribution in [3.05, 3.63) is 0 Å². The average molecular weight is 479 g/mol. The van der Waals surface area contributed by atoms with Crippen molar-refractivity contribution in [2.24, 2.45) is 11.8 Å². The lowest BCUT2D eigenvalue weighted by molar-refractivity contribution is -0.286. The summed E-state index contributed by atoms with van der Waals surface area (Å²) in [6, 6.07) is 0. The quantitative estimate of drug-likeness (QED) is 0.393. The Morgan fingerprint density at radius 3 is 1.00 bits per heavy atom. The highest BCUT2D eigenvalue weighted by molar-refractivity contribution is 5.92. The van der Waals surface area contributed by atoms with Crippen LogP contribution in [0.3, 0.4) is 0 Å². The number of carbonyl (C=O) groups is 2. The number of carboxylic acid groups (broad SMARTS) is 2. The van der Waals surface area contributed by atoms with Crippen LogP contribution in [-0.4, -0.2) is 45.6 Å². The first-order valence-electron chi connectivity index (χ1n) is 14.3. The molecule has 34 heavy (non-hydrogen) atoms. The van der Waals surface area contributed by atoms with E-state index in [1.54, 1.807) is 0 Å². The summed E-state index contributed by atoms with van der Waals surface area (Å²) >= 11 is 0. The molecule has 0 aromatic rings. The predicted octanol–water partition coefficient (Wildman–Crippen LogP) is 6.49. The van der Waals surface area contributed by atoms with Crippen molar-refractivity contribution in [3.63, 3.8) is 0 Å². The largest absolute Gasteiger partial charge is 0.479 e. The van der Waals surface area contributed by atoms with Gasteiger partial charge in [0.15, 0.2) is 0 Å². The third-order valence-corrected chi connectivity index (χ3v) is 9.36. The molecule has 194 valence electrons. The summed E-state index contributed by atoms with van der Waals surface area (Å²) in [5.41, 5.74) is -3.67. The van der Waals surface area contributed by atoms with Crippen LogP contribution in [0.5, 0.6) is 0 Å². The second kappa shape index (κ2) is 11.7. The van der Waals surface area contributed by atoms with Crippen LogP contribution in [-0.2, 0) is 19.1 Å². The second-order valence-corrected chi connectivity index (χ2v) is 11.5. The van der Waals surface area contributed by atoms with Gasteiger partial charge in [-0.2, -0.15) is 0 Å². The Labute approximate surface area is 205 Å². The smallest absolute Gasteiger partial charge is 0.340 e. The van der Waals surface area contributed by atoms with Crippen molar-refractivity contribution >= 4 is 11.9 Å². The predicted molar refractivity (Wildman–Crippen MR) is 130 cm³/mol. The van der Waals surface area contributed by atoms with Gasteiger partial charge in [0.05, 0.1) is 12.2 Å². The molecule has 0 bridgehead atoms. The Kier molecular flexibility index (Phi) is 8.95. The molecule has 6 nitrogen and oxygen atoms in total. The molecule has 4 saturated carbocycles. The zero-order chi connectivity index (χ0) is 24.0. The van der Waals surface area contributed by atoms with Crippen molar-refractivity contribution < 1.29 is 29.3 Å². The molecular formula is C28H46O6. The third-order valence-electron chi connectivity index (χ3n) is 9.36. The second-order valence-electron chi connectivity index (χ2n) is 11.5. The lowest BCUT2D eigenvalue weighted by Gasteiger charge is -2.55. The van der Waals surface area contributed by atoms with Gasteiger partial charge in [-0.25, -0.2) is 9.59 Å². The molecule has 0 radical (unpaired) electrons. The SMILES string of the molecule is O=C(O)C(OC1CCCCC1)(C1CCCCC1)C(OC1CCCCC1)(C(=O)O)C1CCCCC1. The van der Waals surface area contributed by atoms with Crippen molar-refractivity contribution in [2.75, 3.05) is 0 Å². The van der Waals surface area contributed by atoms with Crippen LogP contribution in [0.4, 0.5) is 0 Å². The first-order chi connectivity index (χ1) is 16.5. The van der Waals surface area contributed by atoms with E-state index in [9.17, 15) is 19.8 Å². The van der Waals surface area contributed by atoms with E-state index in [0.717, 1.165) is 103 Å². The minimum atomic E-state index is -1.83. The number of hydrogen-bond donors (Lipinski definition) is 2. The lowest BCUT2D eigenvalue weighted by Crippen LogP contribution is -2.74. The van der Waals surface area contributed by atoms with Crippen LogP contribution >= 0.6 is 0 Å². The summed E-state index contributed by atoms with van der Waals surface area (Å²) in [6.45, 7) is 0. The number of ether oxygens (including phenoxy) is 2. The summed E-state index contributed by atoms with van der Waals surface area (Å²) < 4.78 is 13.6. The van der Waals surface area contributed by atoms with Gasteiger partial charge >= 0.3 is 11.9 Å². The minimum Gasteiger partial charge on any atom is -0.479 e. The molecule has 4 rings (SSSR count). The fourth-order valence-corrected chi connectivity index (χ4v) is 7.65. The molecule has 4 aliphatic rings. The van der Waals surface area contributed by atoms with E-state index in [0.29, 0.717) is 25.7 Å². The average Bonchev–Trinajstić information content (AvgIpc) is 2.88. The van der Waals surface area contributed by atoms with Crippen LogP contribution in [0.15, 0.2) is 0 Å². The highest BCUT2D eigenvalue weighted by Gasteiger charge is 2.71. The van der Waals surface area contributed by atoms with Gasteiger partial charge in [0.1, 0.15) is 0 Å². The first kappa shape index (κ1) is 25.9. The van der Waals surface area contributed by atoms with Gasteiger partial charge in [0.2, 0.25) is 11.2 Å². The standard InChI is InChI=1S/C28H46O6/c29-25(30)27(21-13-5-1-6-14-21,33-23-17-9-3-10-18-23)28(26(31)32,22-15-7-2-8-16-22)34-24-19-11-4-12-20-24/h21-24H,1-20H2,(H,29,30)(H,31,32). The van der Waals surface area contributed by atoms with Gasteiger partial charge in [0, 0.05) is 11.8 Å². The van der Waals surface area contributed by atoms with Gasteiger partial charge < -0.3 is 19.7 Å². The van der Waals surface area contributed by atoms with Gasteiger partial charge in [0.25, 0.3) is 0 Å². The van der Waals surface area contributed by atoms with Gasteiger partial charge in [-0.05, 0) is 51.4 Å². The Bertz CT molecular complexity index is 612. The van der Waals surface area contributed by atoms with E-state index in [2.05, 4.69) is 0 Å².